The van der Waals surface area contributed by atoms with E-state index in [1.165, 1.54) is 15.6 Å². The molecule has 3 heterocycles. The van der Waals surface area contributed by atoms with Crippen LogP contribution in [0.2, 0.25) is 0 Å². The summed E-state index contributed by atoms with van der Waals surface area (Å²) in [6, 6.07) is 17.0. The zero-order chi connectivity index (χ0) is 28.6. The smallest absolute Gasteiger partial charge is 0.271 e. The van der Waals surface area contributed by atoms with Gasteiger partial charge in [-0.05, 0) is 35.6 Å². The van der Waals surface area contributed by atoms with Crippen molar-refractivity contribution in [2.75, 3.05) is 26.7 Å². The number of hydrogen-bond donors (Lipinski definition) is 1. The van der Waals surface area contributed by atoms with Crippen LogP contribution in [0.1, 0.15) is 29.9 Å². The summed E-state index contributed by atoms with van der Waals surface area (Å²) < 4.78 is 36.2. The van der Waals surface area contributed by atoms with Crippen LogP contribution < -0.4 is 0 Å². The number of hydrogen-bond acceptors (Lipinski definition) is 6. The number of carbonyl (C=O) groups is 1. The average molecular weight is 582 g/mol. The van der Waals surface area contributed by atoms with Crippen LogP contribution in [0.25, 0.3) is 22.0 Å². The Bertz CT molecular complexity index is 1610. The number of ether oxygens (including phenoxy) is 1. The molecule has 40 heavy (non-hydrogen) atoms. The molecule has 1 amide bonds. The van der Waals surface area contributed by atoms with Crippen LogP contribution >= 0.6 is 11.3 Å². The minimum atomic E-state index is -3.69. The monoisotopic (exact) mass is 581 g/mol. The van der Waals surface area contributed by atoms with Gasteiger partial charge in [0, 0.05) is 54.9 Å². The van der Waals surface area contributed by atoms with Gasteiger partial charge in [-0.15, -0.1) is 0 Å². The Morgan fingerprint density at radius 3 is 2.60 bits per heavy atom. The van der Waals surface area contributed by atoms with Crippen LogP contribution in [0, 0.1) is 5.92 Å². The van der Waals surface area contributed by atoms with Gasteiger partial charge in [0.05, 0.1) is 30.3 Å². The number of benzene rings is 2. The zero-order valence-electron chi connectivity index (χ0n) is 23.1. The summed E-state index contributed by atoms with van der Waals surface area (Å²) in [6.07, 6.45) is -0.509. The lowest BCUT2D eigenvalue weighted by Gasteiger charge is -2.34. The topological polar surface area (TPSA) is 92.1 Å². The van der Waals surface area contributed by atoms with E-state index in [1.807, 2.05) is 74.0 Å². The number of nitrogens with zero attached hydrogens (tertiary/aromatic N) is 3. The fourth-order valence-electron chi connectivity index (χ4n) is 5.46. The van der Waals surface area contributed by atoms with Crippen molar-refractivity contribution in [1.82, 2.24) is 13.8 Å². The fourth-order valence-corrected chi connectivity index (χ4v) is 7.65. The highest BCUT2D eigenvalue weighted by molar-refractivity contribution is 7.89. The number of aromatic nitrogens is 1. The normalized spacial score (nSPS) is 19.4. The number of fused-ring (bicyclic) bond motifs is 5. The van der Waals surface area contributed by atoms with E-state index < -0.39 is 22.2 Å². The van der Waals surface area contributed by atoms with Crippen molar-refractivity contribution >= 4 is 38.2 Å². The molecule has 0 saturated heterocycles. The van der Waals surface area contributed by atoms with Gasteiger partial charge >= 0.3 is 0 Å². The zero-order valence-corrected chi connectivity index (χ0v) is 24.8. The highest BCUT2D eigenvalue weighted by Gasteiger charge is 2.34. The number of carbonyl (C=O) groups excluding carboxylic acids is 1. The first-order valence-corrected chi connectivity index (χ1v) is 15.7. The van der Waals surface area contributed by atoms with Crippen molar-refractivity contribution < 1.29 is 23.1 Å². The molecule has 0 aliphatic carbocycles. The summed E-state index contributed by atoms with van der Waals surface area (Å²) in [5.41, 5.74) is 4.14. The number of thiophene rings is 1. The number of aliphatic hydroxyl groups is 1. The van der Waals surface area contributed by atoms with E-state index in [0.29, 0.717) is 5.69 Å². The second kappa shape index (κ2) is 11.5. The van der Waals surface area contributed by atoms with Crippen molar-refractivity contribution in [3.63, 3.8) is 0 Å². The molecule has 1 aliphatic rings. The summed E-state index contributed by atoms with van der Waals surface area (Å²) in [5, 5.41) is 14.5. The molecular formula is C30H35N3O5S2. The maximum Gasteiger partial charge on any atom is 0.271 e. The van der Waals surface area contributed by atoms with Crippen molar-refractivity contribution in [2.24, 2.45) is 13.0 Å². The SMILES string of the molecule is C[C@H]1CN([C@@H](C)CO)C(=O)c2c(c3ccccc3n2C)-c2ccccc2CO[C@H]1CN(C)S(=O)(=O)c1ccsc1. The van der Waals surface area contributed by atoms with Crippen molar-refractivity contribution in [2.45, 2.75) is 37.5 Å². The van der Waals surface area contributed by atoms with Gasteiger partial charge in [0.25, 0.3) is 5.91 Å². The van der Waals surface area contributed by atoms with Crippen molar-refractivity contribution in [3.05, 3.63) is 76.6 Å². The lowest BCUT2D eigenvalue weighted by atomic mass is 9.96. The summed E-state index contributed by atoms with van der Waals surface area (Å²) in [4.78, 5) is 16.4. The highest BCUT2D eigenvalue weighted by Crippen LogP contribution is 2.38. The molecule has 2 aromatic carbocycles. The Hall–Kier alpha value is -3.02. The van der Waals surface area contributed by atoms with E-state index >= 15 is 0 Å². The van der Waals surface area contributed by atoms with E-state index in [0.717, 1.165) is 27.6 Å². The first-order valence-electron chi connectivity index (χ1n) is 13.3. The number of aliphatic hydroxyl groups excluding tert-OH is 1. The Morgan fingerprint density at radius 1 is 1.15 bits per heavy atom. The van der Waals surface area contributed by atoms with Crippen LogP contribution in [0.15, 0.2) is 70.3 Å². The van der Waals surface area contributed by atoms with Gasteiger partial charge in [-0.3, -0.25) is 4.79 Å². The van der Waals surface area contributed by atoms with Crippen molar-refractivity contribution in [3.8, 4) is 11.1 Å². The third-order valence-corrected chi connectivity index (χ3v) is 10.5. The maximum atomic E-state index is 14.4. The lowest BCUT2D eigenvalue weighted by Crippen LogP contribution is -2.48. The number of rotatable bonds is 6. The van der Waals surface area contributed by atoms with E-state index in [2.05, 4.69) is 0 Å². The molecule has 0 saturated carbocycles. The molecule has 1 aliphatic heterocycles. The molecule has 5 rings (SSSR count). The predicted molar refractivity (Wildman–Crippen MR) is 158 cm³/mol. The molecule has 8 nitrogen and oxygen atoms in total. The summed E-state index contributed by atoms with van der Waals surface area (Å²) >= 11 is 1.33. The molecular weight excluding hydrogens is 546 g/mol. The molecule has 10 heteroatoms. The first-order chi connectivity index (χ1) is 19.1. The standard InChI is InChI=1S/C30H35N3O5S2/c1-20-15-33(21(2)17-34)30(35)29-28(25-11-7-8-12-26(25)32(29)4)24-10-6-5-9-22(24)18-38-27(20)16-31(3)40(36,37)23-13-14-39-19-23/h5-14,19-21,27,34H,15-18H2,1-4H3/t20-,21-,27-/m0/s1. The third-order valence-electron chi connectivity index (χ3n) is 7.87. The summed E-state index contributed by atoms with van der Waals surface area (Å²) in [6.45, 7) is 4.24. The summed E-state index contributed by atoms with van der Waals surface area (Å²) in [5.74, 6) is -0.418. The Balaban J connectivity index is 1.63. The first kappa shape index (κ1) is 28.5. The Kier molecular flexibility index (Phi) is 8.17. The van der Waals surface area contributed by atoms with Crippen LogP contribution in [0.4, 0.5) is 0 Å². The minimum absolute atomic E-state index is 0.118. The van der Waals surface area contributed by atoms with Crippen LogP contribution in [-0.2, 0) is 28.4 Å². The fraction of sp³-hybridized carbons (Fsp3) is 0.367. The molecule has 4 aromatic rings. The average Bonchev–Trinajstić information content (AvgIpc) is 3.60. The molecule has 0 radical (unpaired) electrons. The number of likely N-dealkylation sites (N-methyl/N-ethyl adjacent to an activating group) is 1. The second-order valence-electron chi connectivity index (χ2n) is 10.5. The van der Waals surface area contributed by atoms with Gasteiger partial charge in [0.15, 0.2) is 0 Å². The largest absolute Gasteiger partial charge is 0.394 e. The third kappa shape index (κ3) is 5.10. The molecule has 2 aromatic heterocycles. The molecule has 0 unspecified atom stereocenters. The van der Waals surface area contributed by atoms with E-state index in [4.69, 9.17) is 4.74 Å². The van der Waals surface area contributed by atoms with Crippen LogP contribution in [0.5, 0.6) is 0 Å². The quantitative estimate of drug-likeness (QED) is 0.360. The molecule has 0 bridgehead atoms. The van der Waals surface area contributed by atoms with E-state index in [9.17, 15) is 18.3 Å². The van der Waals surface area contributed by atoms with Gasteiger partial charge in [-0.2, -0.15) is 15.6 Å². The lowest BCUT2D eigenvalue weighted by molar-refractivity contribution is -0.0147. The van der Waals surface area contributed by atoms with E-state index in [1.54, 1.807) is 28.8 Å². The van der Waals surface area contributed by atoms with Gasteiger partial charge in [-0.1, -0.05) is 49.4 Å². The highest BCUT2D eigenvalue weighted by atomic mass is 32.2. The van der Waals surface area contributed by atoms with Crippen LogP contribution in [-0.4, -0.2) is 72.1 Å². The van der Waals surface area contributed by atoms with Gasteiger partial charge in [0.1, 0.15) is 5.69 Å². The number of sulfonamides is 1. The predicted octanol–water partition coefficient (Wildman–Crippen LogP) is 4.59. The number of amides is 1. The molecule has 1 N–H and O–H groups in total. The molecule has 0 fully saturated rings. The second-order valence-corrected chi connectivity index (χ2v) is 13.3. The van der Waals surface area contributed by atoms with Crippen LogP contribution in [0.3, 0.4) is 0 Å². The molecule has 3 atom stereocenters. The number of aryl methyl sites for hydroxylation is 1. The Labute approximate surface area is 239 Å². The van der Waals surface area contributed by atoms with E-state index in [-0.39, 0.29) is 43.0 Å². The van der Waals surface area contributed by atoms with Gasteiger partial charge < -0.3 is 19.3 Å². The van der Waals surface area contributed by atoms with Gasteiger partial charge in [-0.25, -0.2) is 8.42 Å². The Morgan fingerprint density at radius 2 is 1.88 bits per heavy atom. The molecule has 212 valence electrons. The van der Waals surface area contributed by atoms with Crippen molar-refractivity contribution in [1.29, 1.82) is 0 Å². The summed E-state index contributed by atoms with van der Waals surface area (Å²) in [7, 11) is -0.236. The number of para-hydroxylation sites is 1. The minimum Gasteiger partial charge on any atom is -0.394 e. The van der Waals surface area contributed by atoms with Gasteiger partial charge in [0.2, 0.25) is 10.0 Å². The molecule has 0 spiro atoms. The maximum absolute atomic E-state index is 14.4.